The molecule has 2 aliphatic heterocycles. The number of fused-ring (bicyclic) bond motifs is 1. The molecule has 17 heavy (non-hydrogen) atoms. The van der Waals surface area contributed by atoms with Gasteiger partial charge in [0.2, 0.25) is 0 Å². The summed E-state index contributed by atoms with van der Waals surface area (Å²) in [5.74, 6) is 3.74. The third kappa shape index (κ3) is 1.94. The van der Waals surface area contributed by atoms with Crippen molar-refractivity contribution in [1.82, 2.24) is 14.8 Å². The number of hydrogen-bond donors (Lipinski definition) is 1. The molecule has 0 bridgehead atoms. The molecule has 1 aromatic rings. The zero-order chi connectivity index (χ0) is 11.8. The molecule has 3 rings (SSSR count). The highest BCUT2D eigenvalue weighted by Crippen LogP contribution is 2.33. The van der Waals surface area contributed by atoms with E-state index in [-0.39, 0.29) is 5.92 Å². The molecule has 6 heteroatoms. The quantitative estimate of drug-likeness (QED) is 0.856. The predicted octanol–water partition coefficient (Wildman–Crippen LogP) is 1.15. The fourth-order valence-corrected chi connectivity index (χ4v) is 3.81. The van der Waals surface area contributed by atoms with Gasteiger partial charge in [0.1, 0.15) is 11.6 Å². The van der Waals surface area contributed by atoms with Crippen LogP contribution in [0.1, 0.15) is 30.4 Å². The molecule has 2 unspecified atom stereocenters. The molecular weight excluding hydrogens is 238 g/mol. The molecular formula is C11H15N3O2S. The molecule has 2 atom stereocenters. The number of aromatic nitrogens is 3. The summed E-state index contributed by atoms with van der Waals surface area (Å²) in [6.07, 6.45) is 2.57. The Labute approximate surface area is 104 Å². The van der Waals surface area contributed by atoms with Gasteiger partial charge in [0.25, 0.3) is 0 Å². The van der Waals surface area contributed by atoms with E-state index in [9.17, 15) is 4.79 Å². The van der Waals surface area contributed by atoms with E-state index in [1.807, 2.05) is 11.8 Å². The molecule has 1 aromatic heterocycles. The first-order valence-corrected chi connectivity index (χ1v) is 7.13. The number of aliphatic carboxylic acids is 1. The molecule has 3 heterocycles. The van der Waals surface area contributed by atoms with Gasteiger partial charge in [0, 0.05) is 24.6 Å². The summed E-state index contributed by atoms with van der Waals surface area (Å²) in [5.41, 5.74) is 0. The van der Waals surface area contributed by atoms with Crippen LogP contribution in [0.15, 0.2) is 0 Å². The standard InChI is InChI=1S/C11H15N3O2S/c15-11(16)7-1-2-9-12-13-10(14(9)5-7)8-3-4-17-6-8/h7-8H,1-6H2,(H,15,16). The third-order valence-electron chi connectivity index (χ3n) is 3.62. The summed E-state index contributed by atoms with van der Waals surface area (Å²) >= 11 is 1.94. The number of carboxylic acids is 1. The van der Waals surface area contributed by atoms with E-state index < -0.39 is 5.97 Å². The summed E-state index contributed by atoms with van der Waals surface area (Å²) < 4.78 is 2.05. The van der Waals surface area contributed by atoms with Crippen molar-refractivity contribution in [2.75, 3.05) is 11.5 Å². The van der Waals surface area contributed by atoms with Gasteiger partial charge in [-0.2, -0.15) is 11.8 Å². The SMILES string of the molecule is O=C(O)C1CCc2nnc(C3CCSC3)n2C1. The molecule has 0 aromatic carbocycles. The zero-order valence-corrected chi connectivity index (χ0v) is 10.3. The lowest BCUT2D eigenvalue weighted by Gasteiger charge is -2.22. The van der Waals surface area contributed by atoms with Crippen LogP contribution in [0, 0.1) is 5.92 Å². The van der Waals surface area contributed by atoms with Crippen molar-refractivity contribution >= 4 is 17.7 Å². The van der Waals surface area contributed by atoms with Crippen LogP contribution in [0.4, 0.5) is 0 Å². The monoisotopic (exact) mass is 253 g/mol. The minimum absolute atomic E-state index is 0.272. The number of thioether (sulfide) groups is 1. The van der Waals surface area contributed by atoms with Gasteiger partial charge in [-0.3, -0.25) is 4.79 Å². The number of carboxylic acid groups (broad SMARTS) is 1. The van der Waals surface area contributed by atoms with Crippen molar-refractivity contribution in [3.8, 4) is 0 Å². The molecule has 5 nitrogen and oxygen atoms in total. The van der Waals surface area contributed by atoms with Crippen LogP contribution in [0.5, 0.6) is 0 Å². The summed E-state index contributed by atoms with van der Waals surface area (Å²) in [6.45, 7) is 0.550. The summed E-state index contributed by atoms with van der Waals surface area (Å²) in [4.78, 5) is 11.1. The largest absolute Gasteiger partial charge is 0.481 e. The normalized spacial score (nSPS) is 28.0. The zero-order valence-electron chi connectivity index (χ0n) is 9.50. The Balaban J connectivity index is 1.88. The number of hydrogen-bond acceptors (Lipinski definition) is 4. The maximum Gasteiger partial charge on any atom is 0.308 e. The smallest absolute Gasteiger partial charge is 0.308 e. The van der Waals surface area contributed by atoms with Gasteiger partial charge in [0.05, 0.1) is 5.92 Å². The van der Waals surface area contributed by atoms with Gasteiger partial charge < -0.3 is 9.67 Å². The Hall–Kier alpha value is -1.04. The van der Waals surface area contributed by atoms with Gasteiger partial charge >= 0.3 is 5.97 Å². The molecule has 2 aliphatic rings. The van der Waals surface area contributed by atoms with E-state index in [4.69, 9.17) is 5.11 Å². The maximum atomic E-state index is 11.1. The lowest BCUT2D eigenvalue weighted by molar-refractivity contribution is -0.142. The maximum absolute atomic E-state index is 11.1. The fourth-order valence-electron chi connectivity index (χ4n) is 2.59. The lowest BCUT2D eigenvalue weighted by atomic mass is 9.98. The highest BCUT2D eigenvalue weighted by molar-refractivity contribution is 7.99. The molecule has 0 amide bonds. The minimum Gasteiger partial charge on any atom is -0.481 e. The molecule has 1 fully saturated rings. The highest BCUT2D eigenvalue weighted by atomic mass is 32.2. The second-order valence-electron chi connectivity index (χ2n) is 4.72. The van der Waals surface area contributed by atoms with Crippen LogP contribution in [-0.4, -0.2) is 37.3 Å². The van der Waals surface area contributed by atoms with Crippen LogP contribution in [0.25, 0.3) is 0 Å². The fraction of sp³-hybridized carbons (Fsp3) is 0.727. The summed E-state index contributed by atoms with van der Waals surface area (Å²) in [7, 11) is 0. The highest BCUT2D eigenvalue weighted by Gasteiger charge is 2.31. The van der Waals surface area contributed by atoms with Crippen molar-refractivity contribution in [2.24, 2.45) is 5.92 Å². The van der Waals surface area contributed by atoms with E-state index >= 15 is 0 Å². The predicted molar refractivity (Wildman–Crippen MR) is 64.2 cm³/mol. The minimum atomic E-state index is -0.698. The Bertz CT molecular complexity index is 440. The van der Waals surface area contributed by atoms with Crippen molar-refractivity contribution in [3.63, 3.8) is 0 Å². The number of carbonyl (C=O) groups is 1. The van der Waals surface area contributed by atoms with E-state index in [1.54, 1.807) is 0 Å². The average molecular weight is 253 g/mol. The first-order valence-electron chi connectivity index (χ1n) is 5.98. The number of rotatable bonds is 2. The Morgan fingerprint density at radius 3 is 3.00 bits per heavy atom. The molecule has 0 spiro atoms. The topological polar surface area (TPSA) is 68.0 Å². The molecule has 0 radical (unpaired) electrons. The molecule has 1 saturated heterocycles. The van der Waals surface area contributed by atoms with Crippen LogP contribution >= 0.6 is 11.8 Å². The lowest BCUT2D eigenvalue weighted by Crippen LogP contribution is -2.28. The van der Waals surface area contributed by atoms with Crippen molar-refractivity contribution in [1.29, 1.82) is 0 Å². The van der Waals surface area contributed by atoms with Gasteiger partial charge in [-0.1, -0.05) is 0 Å². The first kappa shape index (κ1) is 11.1. The molecule has 92 valence electrons. The summed E-state index contributed by atoms with van der Waals surface area (Å²) in [5, 5.41) is 17.6. The van der Waals surface area contributed by atoms with E-state index in [2.05, 4.69) is 14.8 Å². The molecule has 0 saturated carbocycles. The van der Waals surface area contributed by atoms with Crippen molar-refractivity contribution in [2.45, 2.75) is 31.7 Å². The number of nitrogens with zero attached hydrogens (tertiary/aromatic N) is 3. The van der Waals surface area contributed by atoms with Crippen molar-refractivity contribution in [3.05, 3.63) is 11.6 Å². The van der Waals surface area contributed by atoms with Crippen LogP contribution in [0.3, 0.4) is 0 Å². The van der Waals surface area contributed by atoms with Crippen LogP contribution < -0.4 is 0 Å². The molecule has 0 aliphatic carbocycles. The van der Waals surface area contributed by atoms with E-state index in [1.165, 1.54) is 5.75 Å². The second-order valence-corrected chi connectivity index (χ2v) is 5.87. The van der Waals surface area contributed by atoms with E-state index in [0.717, 1.165) is 30.2 Å². The van der Waals surface area contributed by atoms with Gasteiger partial charge in [-0.25, -0.2) is 0 Å². The first-order chi connectivity index (χ1) is 8.25. The van der Waals surface area contributed by atoms with Crippen LogP contribution in [-0.2, 0) is 17.8 Å². The van der Waals surface area contributed by atoms with Gasteiger partial charge in [-0.15, -0.1) is 10.2 Å². The number of aryl methyl sites for hydroxylation is 1. The second kappa shape index (κ2) is 4.33. The van der Waals surface area contributed by atoms with Gasteiger partial charge in [0.15, 0.2) is 0 Å². The van der Waals surface area contributed by atoms with E-state index in [0.29, 0.717) is 18.9 Å². The summed E-state index contributed by atoms with van der Waals surface area (Å²) in [6, 6.07) is 0. The van der Waals surface area contributed by atoms with Gasteiger partial charge in [-0.05, 0) is 18.6 Å². The average Bonchev–Trinajstić information content (AvgIpc) is 2.96. The van der Waals surface area contributed by atoms with Crippen LogP contribution in [0.2, 0.25) is 0 Å². The Morgan fingerprint density at radius 1 is 1.41 bits per heavy atom. The van der Waals surface area contributed by atoms with Crippen molar-refractivity contribution < 1.29 is 9.90 Å². The Kier molecular flexibility index (Phi) is 2.82. The molecule has 1 N–H and O–H groups in total. The Morgan fingerprint density at radius 2 is 2.29 bits per heavy atom. The third-order valence-corrected chi connectivity index (χ3v) is 4.78.